The van der Waals surface area contributed by atoms with Crippen LogP contribution in [-0.4, -0.2) is 76.1 Å². The Bertz CT molecular complexity index is 597. The molecule has 2 amide bonds. The van der Waals surface area contributed by atoms with Gasteiger partial charge in [0.2, 0.25) is 11.8 Å². The number of nitrogens with one attached hydrogen (secondary N) is 2. The van der Waals surface area contributed by atoms with E-state index in [1.54, 1.807) is 14.0 Å². The zero-order valence-corrected chi connectivity index (χ0v) is 18.2. The number of ketones is 1. The van der Waals surface area contributed by atoms with Crippen molar-refractivity contribution in [2.24, 2.45) is 11.8 Å². The van der Waals surface area contributed by atoms with Gasteiger partial charge in [-0.2, -0.15) is 0 Å². The third-order valence-corrected chi connectivity index (χ3v) is 6.41. The van der Waals surface area contributed by atoms with Crippen molar-refractivity contribution >= 4 is 17.6 Å². The number of rotatable bonds is 9. The van der Waals surface area contributed by atoms with Crippen LogP contribution in [0.3, 0.4) is 0 Å². The summed E-state index contributed by atoms with van der Waals surface area (Å²) in [4.78, 5) is 39.2. The Hall–Kier alpha value is -1.51. The molecule has 8 nitrogen and oxygen atoms in total. The molecule has 6 atom stereocenters. The molecule has 0 saturated carbocycles. The maximum atomic E-state index is 12.9. The SMILES string of the molecule is CN[C@@H](C(=O)N[C@@H](C(C)=O)C(C)C)[C@H](O)[C@H](C)CC(=O)N1C2CCC1CC(O)C2. The van der Waals surface area contributed by atoms with Crippen LogP contribution in [0.1, 0.15) is 59.8 Å². The molecule has 2 bridgehead atoms. The van der Waals surface area contributed by atoms with Gasteiger partial charge in [-0.15, -0.1) is 0 Å². The lowest BCUT2D eigenvalue weighted by atomic mass is 9.91. The molecule has 4 N–H and O–H groups in total. The maximum absolute atomic E-state index is 12.9. The standard InChI is InChI=1S/C21H37N3O5/c1-11(2)18(13(4)25)23-21(29)19(22-5)20(28)12(3)8-17(27)24-14-6-7-15(24)10-16(26)9-14/h11-12,14-16,18-20,22,26,28H,6-10H2,1-5H3,(H,23,29)/t12-,14?,15?,16?,18-,19-,20-/m1/s1. The van der Waals surface area contributed by atoms with E-state index in [1.807, 2.05) is 18.7 Å². The first-order chi connectivity index (χ1) is 13.6. The van der Waals surface area contributed by atoms with Gasteiger partial charge in [0.15, 0.2) is 5.78 Å². The van der Waals surface area contributed by atoms with Gasteiger partial charge in [0, 0.05) is 18.5 Å². The summed E-state index contributed by atoms with van der Waals surface area (Å²) in [6.45, 7) is 6.89. The van der Waals surface area contributed by atoms with Gasteiger partial charge in [0.25, 0.3) is 0 Å². The van der Waals surface area contributed by atoms with Crippen molar-refractivity contribution in [3.8, 4) is 0 Å². The Labute approximate surface area is 173 Å². The lowest BCUT2D eigenvalue weighted by molar-refractivity contribution is -0.140. The fourth-order valence-electron chi connectivity index (χ4n) is 4.82. The van der Waals surface area contributed by atoms with Crippen LogP contribution in [0.4, 0.5) is 0 Å². The lowest BCUT2D eigenvalue weighted by Crippen LogP contribution is -2.56. The molecular weight excluding hydrogens is 374 g/mol. The quantitative estimate of drug-likeness (QED) is 0.431. The summed E-state index contributed by atoms with van der Waals surface area (Å²) in [6.07, 6.45) is 1.77. The van der Waals surface area contributed by atoms with E-state index in [0.29, 0.717) is 12.8 Å². The van der Waals surface area contributed by atoms with E-state index in [9.17, 15) is 24.6 Å². The van der Waals surface area contributed by atoms with Crippen LogP contribution in [0.2, 0.25) is 0 Å². The smallest absolute Gasteiger partial charge is 0.240 e. The van der Waals surface area contributed by atoms with E-state index in [0.717, 1.165) is 12.8 Å². The highest BCUT2D eigenvalue weighted by atomic mass is 16.3. The third-order valence-electron chi connectivity index (χ3n) is 6.41. The molecule has 2 rings (SSSR count). The van der Waals surface area contributed by atoms with Gasteiger partial charge in [-0.3, -0.25) is 14.4 Å². The number of aliphatic hydroxyl groups is 2. The van der Waals surface area contributed by atoms with Crippen LogP contribution >= 0.6 is 0 Å². The topological polar surface area (TPSA) is 119 Å². The number of hydrogen-bond donors (Lipinski definition) is 4. The normalized spacial score (nSPS) is 28.0. The van der Waals surface area contributed by atoms with E-state index in [1.165, 1.54) is 6.92 Å². The molecule has 0 spiro atoms. The van der Waals surface area contributed by atoms with Crippen LogP contribution in [0.5, 0.6) is 0 Å². The molecule has 0 aromatic heterocycles. The Morgan fingerprint density at radius 2 is 1.62 bits per heavy atom. The second-order valence-electron chi connectivity index (χ2n) is 9.09. The van der Waals surface area contributed by atoms with Gasteiger partial charge in [-0.05, 0) is 51.5 Å². The first kappa shape index (κ1) is 23.8. The Morgan fingerprint density at radius 1 is 1.07 bits per heavy atom. The largest absolute Gasteiger partial charge is 0.393 e. The number of hydrogen-bond acceptors (Lipinski definition) is 6. The van der Waals surface area contributed by atoms with Crippen LogP contribution in [-0.2, 0) is 14.4 Å². The summed E-state index contributed by atoms with van der Waals surface area (Å²) in [5.74, 6) is -1.12. The number of carbonyl (C=O) groups is 3. The fourth-order valence-corrected chi connectivity index (χ4v) is 4.82. The number of amides is 2. The van der Waals surface area contributed by atoms with Crippen LogP contribution in [0, 0.1) is 11.8 Å². The summed E-state index contributed by atoms with van der Waals surface area (Å²) in [5.41, 5.74) is 0. The van der Waals surface area contributed by atoms with Crippen molar-refractivity contribution in [3.05, 3.63) is 0 Å². The fraction of sp³-hybridized carbons (Fsp3) is 0.857. The van der Waals surface area contributed by atoms with Crippen LogP contribution in [0.15, 0.2) is 0 Å². The summed E-state index contributed by atoms with van der Waals surface area (Å²) in [7, 11) is 1.58. The summed E-state index contributed by atoms with van der Waals surface area (Å²) >= 11 is 0. The second kappa shape index (κ2) is 10.00. The molecular formula is C21H37N3O5. The highest BCUT2D eigenvalue weighted by Gasteiger charge is 2.43. The highest BCUT2D eigenvalue weighted by molar-refractivity contribution is 5.90. The van der Waals surface area contributed by atoms with Crippen molar-refractivity contribution in [1.29, 1.82) is 0 Å². The first-order valence-electron chi connectivity index (χ1n) is 10.7. The summed E-state index contributed by atoms with van der Waals surface area (Å²) < 4.78 is 0. The molecule has 8 heteroatoms. The van der Waals surface area contributed by atoms with Gasteiger partial charge >= 0.3 is 0 Å². The first-order valence-corrected chi connectivity index (χ1v) is 10.7. The van der Waals surface area contributed by atoms with Crippen LogP contribution < -0.4 is 10.6 Å². The number of aliphatic hydroxyl groups excluding tert-OH is 2. The Kier molecular flexibility index (Phi) is 8.19. The van der Waals surface area contributed by atoms with Crippen molar-refractivity contribution < 1.29 is 24.6 Å². The molecule has 166 valence electrons. The van der Waals surface area contributed by atoms with E-state index < -0.39 is 30.0 Å². The molecule has 2 aliphatic rings. The second-order valence-corrected chi connectivity index (χ2v) is 9.09. The number of piperidine rings is 1. The zero-order chi connectivity index (χ0) is 21.9. The van der Waals surface area contributed by atoms with Crippen molar-refractivity contribution in [2.45, 2.75) is 96.2 Å². The van der Waals surface area contributed by atoms with Crippen LogP contribution in [0.25, 0.3) is 0 Å². The average Bonchev–Trinajstić information content (AvgIpc) is 2.91. The minimum Gasteiger partial charge on any atom is -0.393 e. The minimum absolute atomic E-state index is 0.0324. The summed E-state index contributed by atoms with van der Waals surface area (Å²) in [5, 5.41) is 26.2. The van der Waals surface area contributed by atoms with E-state index in [4.69, 9.17) is 0 Å². The lowest BCUT2D eigenvalue weighted by Gasteiger charge is -2.38. The zero-order valence-electron chi connectivity index (χ0n) is 18.2. The summed E-state index contributed by atoms with van der Waals surface area (Å²) in [6, 6.07) is -1.38. The maximum Gasteiger partial charge on any atom is 0.240 e. The monoisotopic (exact) mass is 411 g/mol. The molecule has 2 heterocycles. The molecule has 29 heavy (non-hydrogen) atoms. The molecule has 2 saturated heterocycles. The third kappa shape index (κ3) is 5.55. The van der Waals surface area contributed by atoms with Gasteiger partial charge < -0.3 is 25.7 Å². The molecule has 0 radical (unpaired) electrons. The molecule has 2 unspecified atom stereocenters. The van der Waals surface area contributed by atoms with E-state index >= 15 is 0 Å². The average molecular weight is 412 g/mol. The van der Waals surface area contributed by atoms with E-state index in [2.05, 4.69) is 10.6 Å². The Morgan fingerprint density at radius 3 is 2.07 bits per heavy atom. The van der Waals surface area contributed by atoms with E-state index in [-0.39, 0.29) is 42.2 Å². The predicted octanol–water partition coefficient (Wildman–Crippen LogP) is 0.206. The Balaban J connectivity index is 1.98. The minimum atomic E-state index is -1.07. The molecule has 0 aromatic carbocycles. The van der Waals surface area contributed by atoms with Crippen molar-refractivity contribution in [1.82, 2.24) is 15.5 Å². The molecule has 2 aliphatic heterocycles. The van der Waals surface area contributed by atoms with Gasteiger partial charge in [0.05, 0.1) is 18.2 Å². The number of likely N-dealkylation sites (N-methyl/N-ethyl adjacent to an activating group) is 1. The number of fused-ring (bicyclic) bond motifs is 2. The number of nitrogens with zero attached hydrogens (tertiary/aromatic N) is 1. The predicted molar refractivity (Wildman–Crippen MR) is 109 cm³/mol. The van der Waals surface area contributed by atoms with Gasteiger partial charge in [-0.25, -0.2) is 0 Å². The van der Waals surface area contributed by atoms with Gasteiger partial charge in [-0.1, -0.05) is 20.8 Å². The number of carbonyl (C=O) groups excluding carboxylic acids is 3. The highest BCUT2D eigenvalue weighted by Crippen LogP contribution is 2.36. The van der Waals surface area contributed by atoms with Gasteiger partial charge in [0.1, 0.15) is 6.04 Å². The molecule has 0 aromatic rings. The molecule has 2 fully saturated rings. The number of Topliss-reactive ketones (excluding diaryl/α,β-unsaturated/α-hetero) is 1. The molecule has 0 aliphatic carbocycles. The van der Waals surface area contributed by atoms with Crippen molar-refractivity contribution in [2.75, 3.05) is 7.05 Å². The van der Waals surface area contributed by atoms with Crippen molar-refractivity contribution in [3.63, 3.8) is 0 Å².